The third-order valence-electron chi connectivity index (χ3n) is 7.06. The van der Waals surface area contributed by atoms with Crippen molar-refractivity contribution in [3.63, 3.8) is 0 Å². The second kappa shape index (κ2) is 9.90. The van der Waals surface area contributed by atoms with E-state index in [9.17, 15) is 9.18 Å². The molecular weight excluding hydrogens is 425 g/mol. The number of hydrogen-bond donors (Lipinski definition) is 1. The molecule has 0 saturated carbocycles. The van der Waals surface area contributed by atoms with E-state index in [1.807, 2.05) is 24.3 Å². The lowest BCUT2D eigenvalue weighted by Crippen LogP contribution is -2.42. The van der Waals surface area contributed by atoms with Crippen molar-refractivity contribution in [2.24, 2.45) is 10.9 Å². The van der Waals surface area contributed by atoms with Crippen LogP contribution < -0.4 is 5.32 Å². The van der Waals surface area contributed by atoms with Crippen molar-refractivity contribution in [3.8, 4) is 11.1 Å². The van der Waals surface area contributed by atoms with E-state index in [1.165, 1.54) is 17.7 Å². The van der Waals surface area contributed by atoms with Gasteiger partial charge in [-0.2, -0.15) is 0 Å². The lowest BCUT2D eigenvalue weighted by atomic mass is 10.0. The molecule has 1 amide bonds. The van der Waals surface area contributed by atoms with E-state index < -0.39 is 0 Å². The standard InChI is InChI=1S/C29H30FN3O/c1-2-20-14-26(33(18-20)19-21-6-4-3-5-7-21)17-31-29(34)28-16-24-9-8-23(15-27(24)32-28)22-10-12-25(30)13-11-22/h3-13,15,20,26H,2,14,16-19H2,1H3,(H,31,34)/t20-,26+/m1/s1. The average Bonchev–Trinajstić information content (AvgIpc) is 3.47. The summed E-state index contributed by atoms with van der Waals surface area (Å²) >= 11 is 0. The summed E-state index contributed by atoms with van der Waals surface area (Å²) in [5.41, 5.74) is 5.65. The molecule has 3 aromatic carbocycles. The van der Waals surface area contributed by atoms with Crippen molar-refractivity contribution < 1.29 is 9.18 Å². The van der Waals surface area contributed by atoms with E-state index in [0.717, 1.165) is 48.3 Å². The first-order chi connectivity index (χ1) is 16.6. The number of hydrogen-bond acceptors (Lipinski definition) is 3. The molecule has 174 valence electrons. The minimum absolute atomic E-state index is 0.0841. The van der Waals surface area contributed by atoms with Gasteiger partial charge in [0.25, 0.3) is 5.91 Å². The lowest BCUT2D eigenvalue weighted by molar-refractivity contribution is -0.115. The van der Waals surface area contributed by atoms with E-state index >= 15 is 0 Å². The summed E-state index contributed by atoms with van der Waals surface area (Å²) in [7, 11) is 0. The second-order valence-electron chi connectivity index (χ2n) is 9.37. The number of rotatable bonds is 7. The molecule has 4 nitrogen and oxygen atoms in total. The monoisotopic (exact) mass is 455 g/mol. The smallest absolute Gasteiger partial charge is 0.266 e. The van der Waals surface area contributed by atoms with Crippen molar-refractivity contribution in [2.45, 2.75) is 38.8 Å². The van der Waals surface area contributed by atoms with E-state index in [1.54, 1.807) is 12.1 Å². The number of nitrogens with zero attached hydrogens (tertiary/aromatic N) is 2. The molecule has 0 unspecified atom stereocenters. The van der Waals surface area contributed by atoms with E-state index in [2.05, 4.69) is 46.4 Å². The molecule has 2 atom stereocenters. The minimum Gasteiger partial charge on any atom is -0.349 e. The number of carbonyl (C=O) groups is 1. The average molecular weight is 456 g/mol. The highest BCUT2D eigenvalue weighted by Gasteiger charge is 2.31. The molecule has 1 saturated heterocycles. The van der Waals surface area contributed by atoms with Crippen LogP contribution in [-0.4, -0.2) is 35.7 Å². The first-order valence-corrected chi connectivity index (χ1v) is 12.1. The summed E-state index contributed by atoms with van der Waals surface area (Å²) < 4.78 is 13.3. The maximum absolute atomic E-state index is 13.3. The Bertz CT molecular complexity index is 1190. The zero-order valence-electron chi connectivity index (χ0n) is 19.5. The van der Waals surface area contributed by atoms with Crippen LogP contribution in [0.2, 0.25) is 0 Å². The second-order valence-corrected chi connectivity index (χ2v) is 9.37. The van der Waals surface area contributed by atoms with E-state index in [-0.39, 0.29) is 11.7 Å². The van der Waals surface area contributed by atoms with Crippen LogP contribution in [0, 0.1) is 11.7 Å². The van der Waals surface area contributed by atoms with Gasteiger partial charge in [-0.25, -0.2) is 9.38 Å². The molecule has 5 rings (SSSR count). The Balaban J connectivity index is 1.23. The molecule has 2 aliphatic heterocycles. The number of nitrogens with one attached hydrogen (secondary N) is 1. The van der Waals surface area contributed by atoms with Crippen molar-refractivity contribution >= 4 is 17.3 Å². The highest BCUT2D eigenvalue weighted by molar-refractivity contribution is 6.40. The Morgan fingerprint density at radius 2 is 1.82 bits per heavy atom. The van der Waals surface area contributed by atoms with Crippen LogP contribution in [-0.2, 0) is 17.8 Å². The van der Waals surface area contributed by atoms with Crippen LogP contribution in [0.25, 0.3) is 11.1 Å². The summed E-state index contributed by atoms with van der Waals surface area (Å²) in [6.07, 6.45) is 2.81. The zero-order chi connectivity index (χ0) is 23.5. The van der Waals surface area contributed by atoms with Gasteiger partial charge in [-0.05, 0) is 52.8 Å². The maximum Gasteiger partial charge on any atom is 0.266 e. The van der Waals surface area contributed by atoms with Crippen LogP contribution >= 0.6 is 0 Å². The molecule has 2 heterocycles. The van der Waals surface area contributed by atoms with Gasteiger partial charge in [-0.3, -0.25) is 9.69 Å². The molecule has 0 spiro atoms. The fourth-order valence-electron chi connectivity index (χ4n) is 5.06. The van der Waals surface area contributed by atoms with Crippen LogP contribution in [0.1, 0.15) is 30.9 Å². The Morgan fingerprint density at radius 1 is 1.06 bits per heavy atom. The van der Waals surface area contributed by atoms with Gasteiger partial charge in [0.2, 0.25) is 0 Å². The molecule has 0 aliphatic carbocycles. The Morgan fingerprint density at radius 3 is 2.59 bits per heavy atom. The van der Waals surface area contributed by atoms with Crippen molar-refractivity contribution in [2.75, 3.05) is 13.1 Å². The van der Waals surface area contributed by atoms with Gasteiger partial charge in [0, 0.05) is 32.1 Å². The summed E-state index contributed by atoms with van der Waals surface area (Å²) in [5.74, 6) is 0.333. The normalized spacial score (nSPS) is 19.6. The van der Waals surface area contributed by atoms with Gasteiger partial charge in [0.1, 0.15) is 11.5 Å². The molecule has 2 aliphatic rings. The Kier molecular flexibility index (Phi) is 6.54. The molecule has 3 aromatic rings. The number of halogens is 1. The highest BCUT2D eigenvalue weighted by Crippen LogP contribution is 2.32. The Labute approximate surface area is 200 Å². The maximum atomic E-state index is 13.3. The predicted molar refractivity (Wildman–Crippen MR) is 135 cm³/mol. The third-order valence-corrected chi connectivity index (χ3v) is 7.06. The van der Waals surface area contributed by atoms with E-state index in [0.29, 0.717) is 30.6 Å². The highest BCUT2D eigenvalue weighted by atomic mass is 19.1. The number of fused-ring (bicyclic) bond motifs is 1. The lowest BCUT2D eigenvalue weighted by Gasteiger charge is -2.24. The molecule has 34 heavy (non-hydrogen) atoms. The van der Waals surface area contributed by atoms with Gasteiger partial charge in [0.05, 0.1) is 5.69 Å². The molecule has 0 bridgehead atoms. The summed E-state index contributed by atoms with van der Waals surface area (Å²) in [6.45, 7) is 4.87. The first-order valence-electron chi connectivity index (χ1n) is 12.1. The van der Waals surface area contributed by atoms with Gasteiger partial charge in [0.15, 0.2) is 0 Å². The molecule has 5 heteroatoms. The molecular formula is C29H30FN3O. The van der Waals surface area contributed by atoms with E-state index in [4.69, 9.17) is 0 Å². The Hall–Kier alpha value is -3.31. The summed E-state index contributed by atoms with van der Waals surface area (Å²) in [4.78, 5) is 20.1. The number of likely N-dealkylation sites (tertiary alicyclic amines) is 1. The topological polar surface area (TPSA) is 44.7 Å². The summed E-state index contributed by atoms with van der Waals surface area (Å²) in [5, 5.41) is 3.16. The third kappa shape index (κ3) is 4.95. The van der Waals surface area contributed by atoms with Gasteiger partial charge < -0.3 is 5.32 Å². The zero-order valence-corrected chi connectivity index (χ0v) is 19.5. The minimum atomic E-state index is -0.253. The summed E-state index contributed by atoms with van der Waals surface area (Å²) in [6, 6.07) is 23.3. The SMILES string of the molecule is CC[C@@H]1C[C@@H](CNC(=O)C2=Nc3cc(-c4ccc(F)cc4)ccc3C2)N(Cc2ccccc2)C1. The predicted octanol–water partition coefficient (Wildman–Crippen LogP) is 5.54. The molecule has 0 radical (unpaired) electrons. The van der Waals surface area contributed by atoms with Crippen LogP contribution in [0.5, 0.6) is 0 Å². The van der Waals surface area contributed by atoms with Gasteiger partial charge >= 0.3 is 0 Å². The van der Waals surface area contributed by atoms with Gasteiger partial charge in [-0.1, -0.05) is 67.9 Å². The van der Waals surface area contributed by atoms with Crippen LogP contribution in [0.15, 0.2) is 77.8 Å². The molecule has 1 N–H and O–H groups in total. The number of amides is 1. The number of benzene rings is 3. The van der Waals surface area contributed by atoms with Gasteiger partial charge in [-0.15, -0.1) is 0 Å². The van der Waals surface area contributed by atoms with Crippen molar-refractivity contribution in [3.05, 3.63) is 89.7 Å². The van der Waals surface area contributed by atoms with Crippen molar-refractivity contribution in [1.29, 1.82) is 0 Å². The number of aliphatic imine (C=N–C) groups is 1. The first kappa shape index (κ1) is 22.5. The van der Waals surface area contributed by atoms with Crippen LogP contribution in [0.3, 0.4) is 0 Å². The largest absolute Gasteiger partial charge is 0.349 e. The molecule has 0 aromatic heterocycles. The number of carbonyl (C=O) groups excluding carboxylic acids is 1. The quantitative estimate of drug-likeness (QED) is 0.509. The van der Waals surface area contributed by atoms with Crippen molar-refractivity contribution in [1.82, 2.24) is 10.2 Å². The fraction of sp³-hybridized carbons (Fsp3) is 0.310. The fourth-order valence-corrected chi connectivity index (χ4v) is 5.06. The molecule has 1 fully saturated rings. The van der Waals surface area contributed by atoms with Crippen LogP contribution in [0.4, 0.5) is 10.1 Å².